The lowest BCUT2D eigenvalue weighted by Crippen LogP contribution is -2.38. The number of benzene rings is 1. The molecule has 3 aliphatic rings. The average Bonchev–Trinajstić information content (AvgIpc) is 3.54. The van der Waals surface area contributed by atoms with Crippen molar-refractivity contribution in [3.63, 3.8) is 0 Å². The fourth-order valence-corrected chi connectivity index (χ4v) is 5.19. The number of carbonyl (C=O) groups excluding carboxylic acids is 1. The average molecular weight is 440 g/mol. The minimum absolute atomic E-state index is 0.132. The van der Waals surface area contributed by atoms with Crippen LogP contribution in [0, 0.1) is 5.92 Å². The van der Waals surface area contributed by atoms with Crippen molar-refractivity contribution in [2.45, 2.75) is 57.6 Å². The quantitative estimate of drug-likeness (QED) is 0.647. The van der Waals surface area contributed by atoms with Gasteiger partial charge in [0.25, 0.3) is 0 Å². The molecule has 1 saturated heterocycles. The van der Waals surface area contributed by atoms with E-state index in [0.29, 0.717) is 25.4 Å². The first kappa shape index (κ1) is 21.3. The standard InChI is InChI=1S/C25H33N3O4/c1-27(2)25-19(11-18-12-22-23(32-16-31-22)13-21(18)26-25)14-28(15-20-8-5-9-30-20)24(29)10-17-6-3-4-7-17/h11-13,17,20H,3-10,14-16H2,1-2H3/t20-/m1/s1. The Balaban J connectivity index is 1.44. The maximum Gasteiger partial charge on any atom is 0.231 e. The van der Waals surface area contributed by atoms with E-state index in [-0.39, 0.29) is 18.8 Å². The summed E-state index contributed by atoms with van der Waals surface area (Å²) in [5.74, 6) is 3.12. The zero-order chi connectivity index (χ0) is 22.1. The van der Waals surface area contributed by atoms with Gasteiger partial charge in [-0.3, -0.25) is 4.79 Å². The van der Waals surface area contributed by atoms with Crippen LogP contribution in [0.4, 0.5) is 5.82 Å². The maximum absolute atomic E-state index is 13.4. The third kappa shape index (κ3) is 4.49. The van der Waals surface area contributed by atoms with Gasteiger partial charge in [-0.2, -0.15) is 0 Å². The monoisotopic (exact) mass is 439 g/mol. The Morgan fingerprint density at radius 1 is 1.06 bits per heavy atom. The van der Waals surface area contributed by atoms with E-state index in [2.05, 4.69) is 6.07 Å². The molecule has 0 bridgehead atoms. The highest BCUT2D eigenvalue weighted by Crippen LogP contribution is 2.37. The second kappa shape index (κ2) is 9.14. The number of amides is 1. The summed E-state index contributed by atoms with van der Waals surface area (Å²) in [7, 11) is 3.99. The molecule has 2 aliphatic heterocycles. The van der Waals surface area contributed by atoms with E-state index in [1.165, 1.54) is 25.7 Å². The van der Waals surface area contributed by atoms with Gasteiger partial charge in [-0.05, 0) is 43.7 Å². The van der Waals surface area contributed by atoms with Gasteiger partial charge >= 0.3 is 0 Å². The Morgan fingerprint density at radius 2 is 1.84 bits per heavy atom. The van der Waals surface area contributed by atoms with Crippen LogP contribution in [0.3, 0.4) is 0 Å². The summed E-state index contributed by atoms with van der Waals surface area (Å²) in [6.45, 7) is 2.22. The van der Waals surface area contributed by atoms with E-state index in [9.17, 15) is 4.79 Å². The van der Waals surface area contributed by atoms with Crippen LogP contribution < -0.4 is 14.4 Å². The molecule has 1 amide bonds. The minimum atomic E-state index is 0.132. The Morgan fingerprint density at radius 3 is 2.56 bits per heavy atom. The van der Waals surface area contributed by atoms with Crippen molar-refractivity contribution in [3.8, 4) is 11.5 Å². The van der Waals surface area contributed by atoms with Crippen LogP contribution >= 0.6 is 0 Å². The number of nitrogens with zero attached hydrogens (tertiary/aromatic N) is 3. The molecular formula is C25H33N3O4. The summed E-state index contributed by atoms with van der Waals surface area (Å²) in [5.41, 5.74) is 1.91. The third-order valence-electron chi connectivity index (χ3n) is 6.89. The Bertz CT molecular complexity index is 981. The highest BCUT2D eigenvalue weighted by molar-refractivity contribution is 5.86. The molecule has 0 N–H and O–H groups in total. The number of hydrogen-bond donors (Lipinski definition) is 0. The minimum Gasteiger partial charge on any atom is -0.454 e. The summed E-state index contributed by atoms with van der Waals surface area (Å²) in [5, 5.41) is 0.996. The van der Waals surface area contributed by atoms with Crippen molar-refractivity contribution in [1.29, 1.82) is 0 Å². The van der Waals surface area contributed by atoms with Crippen molar-refractivity contribution in [2.24, 2.45) is 5.92 Å². The largest absolute Gasteiger partial charge is 0.454 e. The van der Waals surface area contributed by atoms with E-state index in [1.807, 2.05) is 36.0 Å². The van der Waals surface area contributed by atoms with E-state index >= 15 is 0 Å². The van der Waals surface area contributed by atoms with E-state index in [1.54, 1.807) is 0 Å². The zero-order valence-corrected chi connectivity index (χ0v) is 19.1. The normalized spacial score (nSPS) is 20.2. The molecule has 172 valence electrons. The van der Waals surface area contributed by atoms with E-state index in [0.717, 1.165) is 53.2 Å². The molecule has 7 nitrogen and oxygen atoms in total. The summed E-state index contributed by atoms with van der Waals surface area (Å²) >= 11 is 0. The molecule has 0 radical (unpaired) electrons. The fourth-order valence-electron chi connectivity index (χ4n) is 5.19. The molecule has 32 heavy (non-hydrogen) atoms. The van der Waals surface area contributed by atoms with Crippen LogP contribution in [-0.2, 0) is 16.1 Å². The second-order valence-electron chi connectivity index (χ2n) is 9.53. The molecule has 0 spiro atoms. The van der Waals surface area contributed by atoms with Crippen LogP contribution in [0.5, 0.6) is 11.5 Å². The SMILES string of the molecule is CN(C)c1nc2cc3c(cc2cc1CN(C[C@H]1CCCO1)C(=O)CC1CCCC1)OCO3. The van der Waals surface area contributed by atoms with E-state index in [4.69, 9.17) is 19.2 Å². The first-order valence-corrected chi connectivity index (χ1v) is 11.9. The van der Waals surface area contributed by atoms with Gasteiger partial charge in [0.2, 0.25) is 12.7 Å². The summed E-state index contributed by atoms with van der Waals surface area (Å²) < 4.78 is 17.0. The Hall–Kier alpha value is -2.54. The van der Waals surface area contributed by atoms with Gasteiger partial charge in [0.05, 0.1) is 11.6 Å². The number of anilines is 1. The summed E-state index contributed by atoms with van der Waals surface area (Å²) in [6.07, 6.45) is 7.71. The van der Waals surface area contributed by atoms with Gasteiger partial charge in [-0.15, -0.1) is 0 Å². The molecule has 1 aromatic heterocycles. The smallest absolute Gasteiger partial charge is 0.231 e. The molecular weight excluding hydrogens is 406 g/mol. The predicted molar refractivity (Wildman–Crippen MR) is 123 cm³/mol. The van der Waals surface area contributed by atoms with Crippen LogP contribution in [0.15, 0.2) is 18.2 Å². The fraction of sp³-hybridized carbons (Fsp3) is 0.600. The highest BCUT2D eigenvalue weighted by Gasteiger charge is 2.27. The molecule has 1 saturated carbocycles. The number of carbonyl (C=O) groups is 1. The van der Waals surface area contributed by atoms with Gasteiger partial charge in [-0.1, -0.05) is 12.8 Å². The summed E-state index contributed by atoms with van der Waals surface area (Å²) in [4.78, 5) is 22.3. The molecule has 2 aromatic rings. The highest BCUT2D eigenvalue weighted by atomic mass is 16.7. The van der Waals surface area contributed by atoms with Gasteiger partial charge in [-0.25, -0.2) is 4.98 Å². The number of ether oxygens (including phenoxy) is 3. The molecule has 1 atom stereocenters. The molecule has 0 unspecified atom stereocenters. The third-order valence-corrected chi connectivity index (χ3v) is 6.89. The topological polar surface area (TPSA) is 64.1 Å². The molecule has 7 heteroatoms. The Kier molecular flexibility index (Phi) is 6.09. The molecule has 2 fully saturated rings. The number of hydrogen-bond acceptors (Lipinski definition) is 6. The van der Waals surface area contributed by atoms with Crippen molar-refractivity contribution < 1.29 is 19.0 Å². The van der Waals surface area contributed by atoms with Gasteiger partial charge < -0.3 is 24.0 Å². The Labute approximate surface area is 189 Å². The summed E-state index contributed by atoms with van der Waals surface area (Å²) in [6, 6.07) is 6.06. The lowest BCUT2D eigenvalue weighted by Gasteiger charge is -2.28. The predicted octanol–water partition coefficient (Wildman–Crippen LogP) is 4.12. The van der Waals surface area contributed by atoms with Crippen molar-refractivity contribution in [2.75, 3.05) is 38.9 Å². The number of fused-ring (bicyclic) bond motifs is 2. The van der Waals surface area contributed by atoms with E-state index < -0.39 is 0 Å². The lowest BCUT2D eigenvalue weighted by atomic mass is 10.0. The number of rotatable bonds is 7. The zero-order valence-electron chi connectivity index (χ0n) is 19.1. The number of aromatic nitrogens is 1. The number of pyridine rings is 1. The van der Waals surface area contributed by atoms with Gasteiger partial charge in [0, 0.05) is 57.2 Å². The van der Waals surface area contributed by atoms with Crippen molar-refractivity contribution in [1.82, 2.24) is 9.88 Å². The van der Waals surface area contributed by atoms with Crippen LogP contribution in [0.25, 0.3) is 10.9 Å². The second-order valence-corrected chi connectivity index (χ2v) is 9.53. The van der Waals surface area contributed by atoms with Crippen LogP contribution in [0.2, 0.25) is 0 Å². The van der Waals surface area contributed by atoms with Crippen LogP contribution in [0.1, 0.15) is 50.5 Å². The van der Waals surface area contributed by atoms with Crippen molar-refractivity contribution in [3.05, 3.63) is 23.8 Å². The van der Waals surface area contributed by atoms with Gasteiger partial charge in [0.15, 0.2) is 11.5 Å². The molecule has 1 aromatic carbocycles. The lowest BCUT2D eigenvalue weighted by molar-refractivity contribution is -0.134. The molecule has 5 rings (SSSR count). The first-order valence-electron chi connectivity index (χ1n) is 11.9. The van der Waals surface area contributed by atoms with Crippen molar-refractivity contribution >= 4 is 22.6 Å². The molecule has 1 aliphatic carbocycles. The van der Waals surface area contributed by atoms with Gasteiger partial charge in [0.1, 0.15) is 5.82 Å². The maximum atomic E-state index is 13.4. The van der Waals surface area contributed by atoms with Crippen LogP contribution in [-0.4, -0.2) is 55.9 Å². The first-order chi connectivity index (χ1) is 15.6. The molecule has 3 heterocycles.